The summed E-state index contributed by atoms with van der Waals surface area (Å²) in [6.45, 7) is 5.91. The van der Waals surface area contributed by atoms with Crippen molar-refractivity contribution in [3.8, 4) is 5.75 Å². The Morgan fingerprint density at radius 2 is 1.54 bits per heavy atom. The molecule has 0 heterocycles. The number of hydrogen-bond donors (Lipinski definition) is 0. The minimum Gasteiger partial charge on any atom is -0.497 e. The van der Waals surface area contributed by atoms with E-state index in [1.54, 1.807) is 19.2 Å². The fourth-order valence-electron chi connectivity index (χ4n) is 2.31. The van der Waals surface area contributed by atoms with Gasteiger partial charge in [0.2, 0.25) is 10.0 Å². The number of benzene rings is 2. The van der Waals surface area contributed by atoms with Crippen molar-refractivity contribution in [2.24, 2.45) is 0 Å². The van der Waals surface area contributed by atoms with Crippen LogP contribution in [0.25, 0.3) is 0 Å². The third-order valence-electron chi connectivity index (χ3n) is 3.64. The fraction of sp³-hybridized carbons (Fsp3) is 0.333. The zero-order valence-electron chi connectivity index (χ0n) is 14.3. The third kappa shape index (κ3) is 4.29. The number of hydrogen-bond acceptors (Lipinski definition) is 3. The quantitative estimate of drug-likeness (QED) is 0.789. The van der Waals surface area contributed by atoms with Crippen molar-refractivity contribution in [1.29, 1.82) is 0 Å². The predicted octanol–water partition coefficient (Wildman–Crippen LogP) is 4.34. The summed E-state index contributed by atoms with van der Waals surface area (Å²) in [5.74, 6) is 0.738. The molecule has 0 saturated carbocycles. The first kappa shape index (κ1) is 18.8. The molecule has 130 valence electrons. The van der Waals surface area contributed by atoms with Gasteiger partial charge in [0.25, 0.3) is 0 Å². The number of nitrogens with zero attached hydrogens (tertiary/aromatic N) is 1. The first-order valence-electron chi connectivity index (χ1n) is 7.56. The maximum absolute atomic E-state index is 13.1. The second kappa shape index (κ2) is 7.13. The van der Waals surface area contributed by atoms with Crippen molar-refractivity contribution in [2.75, 3.05) is 7.11 Å². The Labute approximate surface area is 149 Å². The number of halogens is 1. The van der Waals surface area contributed by atoms with E-state index in [4.69, 9.17) is 16.3 Å². The molecule has 0 saturated heterocycles. The van der Waals surface area contributed by atoms with Crippen LogP contribution in [0.4, 0.5) is 0 Å². The number of ether oxygens (including phenoxy) is 1. The predicted molar refractivity (Wildman–Crippen MR) is 96.9 cm³/mol. The van der Waals surface area contributed by atoms with Crippen molar-refractivity contribution in [1.82, 2.24) is 4.31 Å². The summed E-state index contributed by atoms with van der Waals surface area (Å²) in [6, 6.07) is 13.6. The van der Waals surface area contributed by atoms with Gasteiger partial charge in [0.05, 0.1) is 12.0 Å². The van der Waals surface area contributed by atoms with E-state index in [1.807, 2.05) is 45.0 Å². The monoisotopic (exact) mass is 367 g/mol. The molecule has 0 spiro atoms. The molecule has 0 radical (unpaired) electrons. The van der Waals surface area contributed by atoms with Gasteiger partial charge in [-0.3, -0.25) is 0 Å². The average Bonchev–Trinajstić information content (AvgIpc) is 2.52. The van der Waals surface area contributed by atoms with Gasteiger partial charge in [-0.15, -0.1) is 0 Å². The summed E-state index contributed by atoms with van der Waals surface area (Å²) in [7, 11) is -2.05. The molecule has 0 aliphatic rings. The molecule has 6 heteroatoms. The van der Waals surface area contributed by atoms with Gasteiger partial charge in [-0.25, -0.2) is 8.42 Å². The fourth-order valence-corrected chi connectivity index (χ4v) is 4.21. The standard InChI is InChI=1S/C18H22ClNO3S/c1-18(2,3)20(13-14-5-9-16(23-4)10-6-14)24(21,22)17-11-7-15(19)8-12-17/h5-12H,13H2,1-4H3. The Morgan fingerprint density at radius 3 is 2.00 bits per heavy atom. The molecule has 2 aromatic carbocycles. The van der Waals surface area contributed by atoms with Gasteiger partial charge in [0.1, 0.15) is 5.75 Å². The van der Waals surface area contributed by atoms with Gasteiger partial charge in [0, 0.05) is 17.1 Å². The van der Waals surface area contributed by atoms with Crippen LogP contribution in [-0.4, -0.2) is 25.4 Å². The highest BCUT2D eigenvalue weighted by Gasteiger charge is 2.34. The van der Waals surface area contributed by atoms with Crippen LogP contribution in [0.1, 0.15) is 26.3 Å². The summed E-state index contributed by atoms with van der Waals surface area (Å²) in [4.78, 5) is 0.232. The molecule has 0 N–H and O–H groups in total. The van der Waals surface area contributed by atoms with Crippen molar-refractivity contribution in [3.63, 3.8) is 0 Å². The maximum Gasteiger partial charge on any atom is 0.243 e. The highest BCUT2D eigenvalue weighted by Crippen LogP contribution is 2.28. The molecule has 2 aromatic rings. The van der Waals surface area contributed by atoms with Crippen LogP contribution < -0.4 is 4.74 Å². The molecule has 0 aromatic heterocycles. The topological polar surface area (TPSA) is 46.6 Å². The van der Waals surface area contributed by atoms with Crippen LogP contribution in [0.5, 0.6) is 5.75 Å². The summed E-state index contributed by atoms with van der Waals surface area (Å²) < 4.78 is 32.8. The van der Waals surface area contributed by atoms with E-state index >= 15 is 0 Å². The lowest BCUT2D eigenvalue weighted by Gasteiger charge is -2.34. The first-order valence-corrected chi connectivity index (χ1v) is 9.38. The van der Waals surface area contributed by atoms with Gasteiger partial charge in [-0.1, -0.05) is 23.7 Å². The summed E-state index contributed by atoms with van der Waals surface area (Å²) in [6.07, 6.45) is 0. The van der Waals surface area contributed by atoms with Crippen LogP contribution in [0.15, 0.2) is 53.4 Å². The average molecular weight is 368 g/mol. The first-order chi connectivity index (χ1) is 11.1. The zero-order valence-corrected chi connectivity index (χ0v) is 15.9. The number of methoxy groups -OCH3 is 1. The van der Waals surface area contributed by atoms with E-state index in [0.717, 1.165) is 11.3 Å². The Morgan fingerprint density at radius 1 is 1.00 bits per heavy atom. The van der Waals surface area contributed by atoms with Crippen LogP contribution in [0.2, 0.25) is 5.02 Å². The van der Waals surface area contributed by atoms with E-state index in [0.29, 0.717) is 5.02 Å². The van der Waals surface area contributed by atoms with Gasteiger partial charge in [-0.05, 0) is 62.7 Å². The molecular formula is C18H22ClNO3S. The highest BCUT2D eigenvalue weighted by atomic mass is 35.5. The minimum absolute atomic E-state index is 0.232. The van der Waals surface area contributed by atoms with Crippen molar-refractivity contribution in [3.05, 3.63) is 59.1 Å². The third-order valence-corrected chi connectivity index (χ3v) is 6.01. The summed E-state index contributed by atoms with van der Waals surface area (Å²) >= 11 is 5.87. The van der Waals surface area contributed by atoms with Gasteiger partial charge in [-0.2, -0.15) is 4.31 Å². The number of rotatable bonds is 5. The molecule has 0 fully saturated rings. The zero-order chi connectivity index (χ0) is 18.0. The molecule has 24 heavy (non-hydrogen) atoms. The Kier molecular flexibility index (Phi) is 5.58. The lowest BCUT2D eigenvalue weighted by molar-refractivity contribution is 0.242. The molecular weight excluding hydrogens is 346 g/mol. The van der Waals surface area contributed by atoms with Crippen LogP contribution in [0.3, 0.4) is 0 Å². The molecule has 4 nitrogen and oxygen atoms in total. The van der Waals surface area contributed by atoms with Crippen LogP contribution in [0, 0.1) is 0 Å². The molecule has 0 atom stereocenters. The normalized spacial score (nSPS) is 12.4. The second-order valence-corrected chi connectivity index (χ2v) is 8.78. The lowest BCUT2D eigenvalue weighted by atomic mass is 10.1. The highest BCUT2D eigenvalue weighted by molar-refractivity contribution is 7.89. The van der Waals surface area contributed by atoms with Crippen molar-refractivity contribution < 1.29 is 13.2 Å². The molecule has 0 aliphatic carbocycles. The SMILES string of the molecule is COc1ccc(CN(C(C)(C)C)S(=O)(=O)c2ccc(Cl)cc2)cc1. The van der Waals surface area contributed by atoms with E-state index in [1.165, 1.54) is 16.4 Å². The van der Waals surface area contributed by atoms with Gasteiger partial charge < -0.3 is 4.74 Å². The number of sulfonamides is 1. The van der Waals surface area contributed by atoms with E-state index in [2.05, 4.69) is 0 Å². The Balaban J connectivity index is 2.39. The molecule has 2 rings (SSSR count). The second-order valence-electron chi connectivity index (χ2n) is 6.48. The molecule has 0 aliphatic heterocycles. The smallest absolute Gasteiger partial charge is 0.243 e. The largest absolute Gasteiger partial charge is 0.497 e. The van der Waals surface area contributed by atoms with Crippen LogP contribution in [-0.2, 0) is 16.6 Å². The van der Waals surface area contributed by atoms with E-state index < -0.39 is 15.6 Å². The lowest BCUT2D eigenvalue weighted by Crippen LogP contribution is -2.44. The summed E-state index contributed by atoms with van der Waals surface area (Å²) in [5.41, 5.74) is 0.321. The van der Waals surface area contributed by atoms with Gasteiger partial charge in [0.15, 0.2) is 0 Å². The molecule has 0 amide bonds. The Bertz CT molecular complexity index is 779. The molecule has 0 unspecified atom stereocenters. The maximum atomic E-state index is 13.1. The summed E-state index contributed by atoms with van der Waals surface area (Å²) in [5, 5.41) is 0.506. The van der Waals surface area contributed by atoms with Gasteiger partial charge >= 0.3 is 0 Å². The minimum atomic E-state index is -3.65. The van der Waals surface area contributed by atoms with Crippen LogP contribution >= 0.6 is 11.6 Å². The Hall–Kier alpha value is -1.56. The van der Waals surface area contributed by atoms with Crippen molar-refractivity contribution >= 4 is 21.6 Å². The van der Waals surface area contributed by atoms with E-state index in [9.17, 15) is 8.42 Å². The molecule has 0 bridgehead atoms. The van der Waals surface area contributed by atoms with E-state index in [-0.39, 0.29) is 11.4 Å². The van der Waals surface area contributed by atoms with Crippen molar-refractivity contribution in [2.45, 2.75) is 37.8 Å².